The van der Waals surface area contributed by atoms with E-state index in [9.17, 15) is 18.4 Å². The quantitative estimate of drug-likeness (QED) is 0.256. The summed E-state index contributed by atoms with van der Waals surface area (Å²) in [7, 11) is 1.77. The zero-order chi connectivity index (χ0) is 21.4. The summed E-state index contributed by atoms with van der Waals surface area (Å²) in [6.45, 7) is 0. The Labute approximate surface area is 164 Å². The third kappa shape index (κ3) is 5.99. The minimum absolute atomic E-state index is 0.0507. The summed E-state index contributed by atoms with van der Waals surface area (Å²) in [5.74, 6) is 8.68. The number of benzene rings is 1. The zero-order valence-corrected chi connectivity index (χ0v) is 15.0. The van der Waals surface area contributed by atoms with Gasteiger partial charge in [0, 0.05) is 24.4 Å². The number of hydroxylamine groups is 1. The van der Waals surface area contributed by atoms with Crippen molar-refractivity contribution in [3.05, 3.63) is 53.3 Å². The van der Waals surface area contributed by atoms with Crippen molar-refractivity contribution < 1.29 is 23.6 Å². The molecule has 1 atom stereocenters. The van der Waals surface area contributed by atoms with E-state index in [-0.39, 0.29) is 5.56 Å². The van der Waals surface area contributed by atoms with Gasteiger partial charge in [0.15, 0.2) is 6.04 Å². The van der Waals surface area contributed by atoms with Crippen LogP contribution in [0, 0.1) is 29.1 Å². The molecular formula is C19H15F2N5O3. The second kappa shape index (κ2) is 9.78. The van der Waals surface area contributed by atoms with Crippen molar-refractivity contribution in [1.29, 1.82) is 5.41 Å². The molecule has 2 rings (SSSR count). The number of amides is 2. The largest absolute Gasteiger partial charge is 0.335 e. The SMILES string of the molecule is Cn1cc(C#CC#Cc2ccc(C(=O)N[C@@H](C(=N)C(F)F)C(=O)NO)cc2)cn1. The normalized spacial score (nSPS) is 10.8. The Bertz CT molecular complexity index is 1040. The van der Waals surface area contributed by atoms with E-state index in [1.165, 1.54) is 24.3 Å². The molecule has 0 aliphatic rings. The molecule has 0 aliphatic carbocycles. The van der Waals surface area contributed by atoms with E-state index in [4.69, 9.17) is 10.6 Å². The van der Waals surface area contributed by atoms with Gasteiger partial charge in [-0.15, -0.1) is 0 Å². The van der Waals surface area contributed by atoms with Crippen molar-refractivity contribution in [3.8, 4) is 23.7 Å². The van der Waals surface area contributed by atoms with Crippen LogP contribution in [0.2, 0.25) is 0 Å². The molecule has 1 heterocycles. The van der Waals surface area contributed by atoms with Gasteiger partial charge in [-0.05, 0) is 42.0 Å². The summed E-state index contributed by atoms with van der Waals surface area (Å²) < 4.78 is 26.9. The average Bonchev–Trinajstić information content (AvgIpc) is 3.13. The Balaban J connectivity index is 2.06. The molecule has 0 radical (unpaired) electrons. The van der Waals surface area contributed by atoms with Gasteiger partial charge in [0.2, 0.25) is 0 Å². The van der Waals surface area contributed by atoms with Gasteiger partial charge in [-0.2, -0.15) is 5.10 Å². The highest BCUT2D eigenvalue weighted by Gasteiger charge is 2.30. The summed E-state index contributed by atoms with van der Waals surface area (Å²) in [5, 5.41) is 21.8. The van der Waals surface area contributed by atoms with Crippen LogP contribution in [0.4, 0.5) is 8.78 Å². The van der Waals surface area contributed by atoms with Crippen LogP contribution in [0.3, 0.4) is 0 Å². The topological polar surface area (TPSA) is 120 Å². The molecule has 2 amide bonds. The summed E-state index contributed by atoms with van der Waals surface area (Å²) >= 11 is 0. The van der Waals surface area contributed by atoms with E-state index in [0.717, 1.165) is 5.48 Å². The van der Waals surface area contributed by atoms with Gasteiger partial charge in [-0.3, -0.25) is 19.5 Å². The molecule has 1 aromatic carbocycles. The molecule has 0 bridgehead atoms. The Morgan fingerprint density at radius 1 is 1.17 bits per heavy atom. The van der Waals surface area contributed by atoms with Crippen molar-refractivity contribution in [2.75, 3.05) is 0 Å². The maximum Gasteiger partial charge on any atom is 0.278 e. The average molecular weight is 399 g/mol. The standard InChI is InChI=1S/C19H15F2N5O3/c1-26-11-13(10-23-26)5-3-2-4-12-6-8-14(9-7-12)18(27)24-16(19(28)25-29)15(22)17(20)21/h6-11,16-17,22,29H,1H3,(H,24,27)(H,25,28)/t16-/m0/s1. The second-order valence-electron chi connectivity index (χ2n) is 5.62. The summed E-state index contributed by atoms with van der Waals surface area (Å²) in [5.41, 5.74) is 1.11. The van der Waals surface area contributed by atoms with Gasteiger partial charge in [0.05, 0.1) is 11.8 Å². The van der Waals surface area contributed by atoms with E-state index < -0.39 is 30.0 Å². The van der Waals surface area contributed by atoms with E-state index >= 15 is 0 Å². The number of nitrogens with zero attached hydrogens (tertiary/aromatic N) is 2. The number of aromatic nitrogens is 2. The zero-order valence-electron chi connectivity index (χ0n) is 15.0. The first-order valence-corrected chi connectivity index (χ1v) is 8.04. The maximum absolute atomic E-state index is 12.7. The minimum atomic E-state index is -3.27. The van der Waals surface area contributed by atoms with Crippen molar-refractivity contribution in [2.24, 2.45) is 7.05 Å². The first kappa shape index (κ1) is 21.3. The Hall–Kier alpha value is -4.02. The monoisotopic (exact) mass is 399 g/mol. The third-order valence-electron chi connectivity index (χ3n) is 3.52. The fraction of sp³-hybridized carbons (Fsp3) is 0.158. The smallest absolute Gasteiger partial charge is 0.278 e. The molecule has 0 saturated heterocycles. The molecular weight excluding hydrogens is 384 g/mol. The fourth-order valence-corrected chi connectivity index (χ4v) is 2.09. The lowest BCUT2D eigenvalue weighted by atomic mass is 10.1. The lowest BCUT2D eigenvalue weighted by Crippen LogP contribution is -2.52. The molecule has 1 aromatic heterocycles. The first-order chi connectivity index (χ1) is 13.8. The molecule has 148 valence electrons. The molecule has 0 unspecified atom stereocenters. The molecule has 4 N–H and O–H groups in total. The molecule has 0 aliphatic heterocycles. The maximum atomic E-state index is 12.7. The van der Waals surface area contributed by atoms with Crippen LogP contribution in [-0.4, -0.2) is 45.0 Å². The highest BCUT2D eigenvalue weighted by molar-refractivity contribution is 6.11. The fourth-order valence-electron chi connectivity index (χ4n) is 2.09. The highest BCUT2D eigenvalue weighted by Crippen LogP contribution is 2.06. The lowest BCUT2D eigenvalue weighted by Gasteiger charge is -2.17. The van der Waals surface area contributed by atoms with Crippen LogP contribution in [0.15, 0.2) is 36.7 Å². The molecule has 0 fully saturated rings. The number of alkyl halides is 2. The molecule has 10 heteroatoms. The lowest BCUT2D eigenvalue weighted by molar-refractivity contribution is -0.129. The van der Waals surface area contributed by atoms with Crippen molar-refractivity contribution in [2.45, 2.75) is 12.5 Å². The summed E-state index contributed by atoms with van der Waals surface area (Å²) in [6, 6.07) is 3.75. The summed E-state index contributed by atoms with van der Waals surface area (Å²) in [4.78, 5) is 23.6. The number of rotatable bonds is 5. The van der Waals surface area contributed by atoms with Crippen molar-refractivity contribution in [1.82, 2.24) is 20.6 Å². The van der Waals surface area contributed by atoms with E-state index in [1.807, 2.05) is 5.32 Å². The summed E-state index contributed by atoms with van der Waals surface area (Å²) in [6.07, 6.45) is 0.0586. The minimum Gasteiger partial charge on any atom is -0.335 e. The third-order valence-corrected chi connectivity index (χ3v) is 3.52. The van der Waals surface area contributed by atoms with Crippen molar-refractivity contribution in [3.63, 3.8) is 0 Å². The molecule has 2 aromatic rings. The first-order valence-electron chi connectivity index (χ1n) is 8.04. The van der Waals surface area contributed by atoms with Crippen LogP contribution < -0.4 is 10.8 Å². The van der Waals surface area contributed by atoms with Gasteiger partial charge >= 0.3 is 0 Å². The van der Waals surface area contributed by atoms with Gasteiger partial charge in [0.1, 0.15) is 5.71 Å². The van der Waals surface area contributed by atoms with E-state index in [1.54, 1.807) is 24.1 Å². The number of carbonyl (C=O) groups is 2. The van der Waals surface area contributed by atoms with Crippen molar-refractivity contribution >= 4 is 17.5 Å². The second-order valence-corrected chi connectivity index (χ2v) is 5.62. The van der Waals surface area contributed by atoms with Gasteiger partial charge in [0.25, 0.3) is 18.2 Å². The predicted octanol–water partition coefficient (Wildman–Crippen LogP) is 0.712. The molecule has 0 saturated carbocycles. The predicted molar refractivity (Wildman–Crippen MR) is 98.3 cm³/mol. The number of carbonyl (C=O) groups excluding carboxylic acids is 2. The van der Waals surface area contributed by atoms with E-state index in [2.05, 4.69) is 28.8 Å². The van der Waals surface area contributed by atoms with Gasteiger partial charge < -0.3 is 10.7 Å². The Morgan fingerprint density at radius 2 is 1.79 bits per heavy atom. The highest BCUT2D eigenvalue weighted by atomic mass is 19.3. The van der Waals surface area contributed by atoms with Gasteiger partial charge in [-0.25, -0.2) is 14.3 Å². The molecule has 29 heavy (non-hydrogen) atoms. The molecule has 8 nitrogen and oxygen atoms in total. The molecule has 0 spiro atoms. The van der Waals surface area contributed by atoms with Crippen LogP contribution >= 0.6 is 0 Å². The van der Waals surface area contributed by atoms with Crippen LogP contribution in [0.1, 0.15) is 21.5 Å². The number of aryl methyl sites for hydroxylation is 1. The van der Waals surface area contributed by atoms with Crippen LogP contribution in [0.5, 0.6) is 0 Å². The number of nitrogens with one attached hydrogen (secondary N) is 3. The van der Waals surface area contributed by atoms with Crippen LogP contribution in [-0.2, 0) is 11.8 Å². The van der Waals surface area contributed by atoms with E-state index in [0.29, 0.717) is 11.1 Å². The Morgan fingerprint density at radius 3 is 2.31 bits per heavy atom. The number of hydrogen-bond donors (Lipinski definition) is 4. The Kier molecular flexibility index (Phi) is 7.18. The van der Waals surface area contributed by atoms with Gasteiger partial charge in [-0.1, -0.05) is 5.92 Å². The van der Waals surface area contributed by atoms with Crippen LogP contribution in [0.25, 0.3) is 0 Å². The number of halogens is 2. The number of hydrogen-bond acceptors (Lipinski definition) is 5.